The molecule has 0 radical (unpaired) electrons. The lowest BCUT2D eigenvalue weighted by molar-refractivity contribution is 0.660. The van der Waals surface area contributed by atoms with Crippen LogP contribution in [-0.4, -0.2) is 4.57 Å². The summed E-state index contributed by atoms with van der Waals surface area (Å²) >= 11 is 0. The van der Waals surface area contributed by atoms with Gasteiger partial charge in [0.15, 0.2) is 0 Å². The van der Waals surface area contributed by atoms with Crippen LogP contribution in [0.5, 0.6) is 0 Å². The highest BCUT2D eigenvalue weighted by molar-refractivity contribution is 6.09. The van der Waals surface area contributed by atoms with Crippen LogP contribution in [0.3, 0.4) is 0 Å². The highest BCUT2D eigenvalue weighted by atomic mass is 15.1. The van der Waals surface area contributed by atoms with Crippen molar-refractivity contribution in [2.75, 3.05) is 4.90 Å². The van der Waals surface area contributed by atoms with Crippen molar-refractivity contribution in [1.82, 2.24) is 4.57 Å². The van der Waals surface area contributed by atoms with Gasteiger partial charge in [-0.1, -0.05) is 222 Å². The monoisotopic (exact) mass is 946 g/mol. The van der Waals surface area contributed by atoms with Gasteiger partial charge in [-0.25, -0.2) is 0 Å². The van der Waals surface area contributed by atoms with Crippen LogP contribution in [0, 0.1) is 0 Å². The van der Waals surface area contributed by atoms with Gasteiger partial charge in [0.1, 0.15) is 0 Å². The van der Waals surface area contributed by atoms with E-state index in [9.17, 15) is 0 Å². The Morgan fingerprint density at radius 1 is 0.324 bits per heavy atom. The van der Waals surface area contributed by atoms with Gasteiger partial charge in [-0.2, -0.15) is 0 Å². The minimum Gasteiger partial charge on any atom is -0.310 e. The number of hydrogen-bond acceptors (Lipinski definition) is 1. The zero-order chi connectivity index (χ0) is 49.7. The topological polar surface area (TPSA) is 8.17 Å². The predicted molar refractivity (Wildman–Crippen MR) is 312 cm³/mol. The summed E-state index contributed by atoms with van der Waals surface area (Å²) in [6.45, 7) is 9.55. The smallest absolute Gasteiger partial charge is 0.0619 e. The van der Waals surface area contributed by atoms with Gasteiger partial charge in [-0.15, -0.1) is 0 Å². The molecule has 0 fully saturated rings. The summed E-state index contributed by atoms with van der Waals surface area (Å²) in [5.41, 5.74) is 25.8. The van der Waals surface area contributed by atoms with Crippen molar-refractivity contribution >= 4 is 38.7 Å². The standard InChI is InChI=1S/C72H54N2/c1-71(2)63-29-17-16-28-58(63)59-42-40-56(44-65(59)71)73(67-30-18-26-50-21-14-15-27-57(50)67)54-36-33-49(34-37-54)53-35-41-60-61-45-62-68(46-66(61)72(3,4)64(60)43-53)74(55-38-31-48(32-39-55)47-19-8-5-9-20-47)70(52-24-12-7-13-25-52)69(62)51-22-10-6-11-23-51/h5-46H,1-4H3. The quantitative estimate of drug-likeness (QED) is 0.147. The molecule has 2 heteroatoms. The third-order valence-corrected chi connectivity index (χ3v) is 16.4. The van der Waals surface area contributed by atoms with Crippen molar-refractivity contribution < 1.29 is 0 Å². The molecule has 0 spiro atoms. The summed E-state index contributed by atoms with van der Waals surface area (Å²) < 4.78 is 2.51. The molecule has 12 aromatic rings. The summed E-state index contributed by atoms with van der Waals surface area (Å²) in [4.78, 5) is 2.45. The van der Waals surface area contributed by atoms with E-state index in [4.69, 9.17) is 0 Å². The van der Waals surface area contributed by atoms with Gasteiger partial charge < -0.3 is 9.47 Å². The number of nitrogens with zero attached hydrogens (tertiary/aromatic N) is 2. The van der Waals surface area contributed by atoms with Gasteiger partial charge in [0.2, 0.25) is 0 Å². The molecular formula is C72H54N2. The Morgan fingerprint density at radius 3 is 1.59 bits per heavy atom. The Balaban J connectivity index is 0.887. The number of hydrogen-bond donors (Lipinski definition) is 0. The van der Waals surface area contributed by atoms with Crippen LogP contribution in [-0.2, 0) is 10.8 Å². The van der Waals surface area contributed by atoms with Gasteiger partial charge in [-0.05, 0) is 144 Å². The fraction of sp³-hybridized carbons (Fsp3) is 0.0833. The Morgan fingerprint density at radius 2 is 0.838 bits per heavy atom. The summed E-state index contributed by atoms with van der Waals surface area (Å²) in [7, 11) is 0. The van der Waals surface area contributed by atoms with Gasteiger partial charge >= 0.3 is 0 Å². The molecule has 11 aromatic carbocycles. The van der Waals surface area contributed by atoms with E-state index in [1.165, 1.54) is 111 Å². The molecule has 0 saturated heterocycles. The second-order valence-corrected chi connectivity index (χ2v) is 21.3. The van der Waals surface area contributed by atoms with E-state index in [2.05, 4.69) is 292 Å². The van der Waals surface area contributed by atoms with E-state index in [-0.39, 0.29) is 10.8 Å². The van der Waals surface area contributed by atoms with Crippen molar-refractivity contribution in [3.8, 4) is 72.6 Å². The van der Waals surface area contributed by atoms with Crippen LogP contribution in [0.15, 0.2) is 255 Å². The molecule has 14 rings (SSSR count). The molecule has 2 aliphatic carbocycles. The summed E-state index contributed by atoms with van der Waals surface area (Å²) in [5, 5.41) is 3.69. The van der Waals surface area contributed by atoms with Crippen LogP contribution >= 0.6 is 0 Å². The Bertz CT molecular complexity index is 4140. The zero-order valence-electron chi connectivity index (χ0n) is 42.1. The average Bonchev–Trinajstić information content (AvgIpc) is 4.08. The van der Waals surface area contributed by atoms with E-state index in [1.807, 2.05) is 0 Å². The normalized spacial score (nSPS) is 13.6. The molecule has 74 heavy (non-hydrogen) atoms. The summed E-state index contributed by atoms with van der Waals surface area (Å²) in [6.07, 6.45) is 0. The second kappa shape index (κ2) is 16.8. The van der Waals surface area contributed by atoms with Gasteiger partial charge in [0.05, 0.1) is 16.9 Å². The zero-order valence-corrected chi connectivity index (χ0v) is 42.1. The molecule has 0 N–H and O–H groups in total. The molecule has 0 amide bonds. The lowest BCUT2D eigenvalue weighted by atomic mass is 9.81. The first kappa shape index (κ1) is 43.8. The molecule has 0 aliphatic heterocycles. The number of fused-ring (bicyclic) bond motifs is 8. The number of aromatic nitrogens is 1. The third-order valence-electron chi connectivity index (χ3n) is 16.4. The number of rotatable bonds is 8. The van der Waals surface area contributed by atoms with Crippen molar-refractivity contribution in [2.24, 2.45) is 0 Å². The minimum absolute atomic E-state index is 0.113. The van der Waals surface area contributed by atoms with Crippen LogP contribution < -0.4 is 4.90 Å². The lowest BCUT2D eigenvalue weighted by Crippen LogP contribution is -2.16. The molecule has 2 nitrogen and oxygen atoms in total. The molecule has 1 aromatic heterocycles. The maximum absolute atomic E-state index is 2.51. The predicted octanol–water partition coefficient (Wildman–Crippen LogP) is 19.5. The molecule has 1 heterocycles. The van der Waals surface area contributed by atoms with E-state index in [0.717, 1.165) is 22.7 Å². The molecule has 0 bridgehead atoms. The first-order chi connectivity index (χ1) is 36.2. The maximum atomic E-state index is 2.51. The summed E-state index contributed by atoms with van der Waals surface area (Å²) in [6, 6.07) is 94.5. The SMILES string of the molecule is CC1(C)c2ccccc2-c2ccc(N(c3ccc(-c4ccc5c(c4)C(C)(C)c4cc6c(cc4-5)c(-c4ccccc4)c(-c4ccccc4)n6-c4ccc(-c5ccccc5)cc4)cc3)c3cccc4ccccc34)cc21. The molecule has 352 valence electrons. The van der Waals surface area contributed by atoms with Crippen LogP contribution in [0.2, 0.25) is 0 Å². The van der Waals surface area contributed by atoms with Crippen molar-refractivity contribution in [3.05, 3.63) is 277 Å². The molecule has 0 unspecified atom stereocenters. The van der Waals surface area contributed by atoms with E-state index >= 15 is 0 Å². The first-order valence-electron chi connectivity index (χ1n) is 26.0. The highest BCUT2D eigenvalue weighted by Gasteiger charge is 2.38. The second-order valence-electron chi connectivity index (χ2n) is 21.3. The van der Waals surface area contributed by atoms with Crippen molar-refractivity contribution in [1.29, 1.82) is 0 Å². The van der Waals surface area contributed by atoms with E-state index in [0.29, 0.717) is 0 Å². The van der Waals surface area contributed by atoms with Crippen molar-refractivity contribution in [2.45, 2.75) is 38.5 Å². The van der Waals surface area contributed by atoms with Gasteiger partial charge in [0.25, 0.3) is 0 Å². The Kier molecular flexibility index (Phi) is 9.94. The largest absolute Gasteiger partial charge is 0.310 e. The van der Waals surface area contributed by atoms with Gasteiger partial charge in [-0.3, -0.25) is 0 Å². The van der Waals surface area contributed by atoms with Crippen LogP contribution in [0.4, 0.5) is 17.1 Å². The maximum Gasteiger partial charge on any atom is 0.0619 e. The number of benzene rings is 11. The highest BCUT2D eigenvalue weighted by Crippen LogP contribution is 2.55. The lowest BCUT2D eigenvalue weighted by Gasteiger charge is -2.29. The van der Waals surface area contributed by atoms with E-state index in [1.54, 1.807) is 0 Å². The summed E-state index contributed by atoms with van der Waals surface area (Å²) in [5.74, 6) is 0. The fourth-order valence-corrected chi connectivity index (χ4v) is 12.6. The van der Waals surface area contributed by atoms with Gasteiger partial charge in [0, 0.05) is 44.2 Å². The molecule has 0 saturated carbocycles. The average molecular weight is 947 g/mol. The first-order valence-corrected chi connectivity index (χ1v) is 26.0. The Hall–Kier alpha value is -8.98. The Labute approximate surface area is 434 Å². The molecule has 2 aliphatic rings. The third kappa shape index (κ3) is 6.78. The van der Waals surface area contributed by atoms with Crippen LogP contribution in [0.25, 0.3) is 94.3 Å². The fourth-order valence-electron chi connectivity index (χ4n) is 12.6. The molecule has 0 atom stereocenters. The minimum atomic E-state index is -0.257. The van der Waals surface area contributed by atoms with Crippen LogP contribution in [0.1, 0.15) is 49.9 Å². The van der Waals surface area contributed by atoms with Crippen molar-refractivity contribution in [3.63, 3.8) is 0 Å². The van der Waals surface area contributed by atoms with E-state index < -0.39 is 0 Å². The number of anilines is 3. The molecular weight excluding hydrogens is 893 g/mol.